The molecule has 0 fully saturated rings. The first kappa shape index (κ1) is 23.2. The van der Waals surface area contributed by atoms with Gasteiger partial charge in [-0.15, -0.1) is 0 Å². The van der Waals surface area contributed by atoms with Crippen molar-refractivity contribution in [1.29, 1.82) is 0 Å². The molecule has 2 aromatic carbocycles. The van der Waals surface area contributed by atoms with Crippen molar-refractivity contribution >= 4 is 0 Å². The number of methoxy groups -OCH3 is 2. The van der Waals surface area contributed by atoms with Gasteiger partial charge in [-0.25, -0.2) is 0 Å². The van der Waals surface area contributed by atoms with E-state index in [0.29, 0.717) is 19.1 Å². The summed E-state index contributed by atoms with van der Waals surface area (Å²) < 4.78 is 23.2. The van der Waals surface area contributed by atoms with Crippen LogP contribution >= 0.6 is 0 Å². The second kappa shape index (κ2) is 10.7. The van der Waals surface area contributed by atoms with Crippen LogP contribution in [0.2, 0.25) is 0 Å². The minimum atomic E-state index is 0.0545. The zero-order chi connectivity index (χ0) is 22.4. The van der Waals surface area contributed by atoms with Crippen LogP contribution in [-0.4, -0.2) is 59.5 Å². The van der Waals surface area contributed by atoms with E-state index in [1.54, 1.807) is 14.2 Å². The third kappa shape index (κ3) is 5.83. The molecular weight excluding hydrogens is 392 g/mol. The van der Waals surface area contributed by atoms with Crippen molar-refractivity contribution in [3.63, 3.8) is 0 Å². The lowest BCUT2D eigenvalue weighted by Gasteiger charge is -2.29. The average molecular weight is 429 g/mol. The Labute approximate surface area is 186 Å². The van der Waals surface area contributed by atoms with Crippen LogP contribution < -0.4 is 24.3 Å². The van der Waals surface area contributed by atoms with Crippen molar-refractivity contribution in [2.24, 2.45) is 5.92 Å². The Bertz CT molecular complexity index is 867. The first-order chi connectivity index (χ1) is 14.9. The van der Waals surface area contributed by atoms with Gasteiger partial charge in [0.25, 0.3) is 0 Å². The molecular formula is C25H36N2O4. The number of rotatable bonds is 10. The molecule has 1 N–H and O–H groups in total. The second-order valence-electron chi connectivity index (χ2n) is 8.61. The SMILES string of the molecule is COc1cc2c(cc1OCCN(C)C)C(c1ccc(OCC(C)C)c(OC)c1)NCC2. The summed E-state index contributed by atoms with van der Waals surface area (Å²) in [6.07, 6.45) is 0.951. The van der Waals surface area contributed by atoms with Crippen molar-refractivity contribution in [2.75, 3.05) is 54.6 Å². The van der Waals surface area contributed by atoms with Crippen molar-refractivity contribution in [1.82, 2.24) is 10.2 Å². The zero-order valence-electron chi connectivity index (χ0n) is 19.7. The molecule has 0 amide bonds. The molecule has 0 spiro atoms. The van der Waals surface area contributed by atoms with Crippen LogP contribution in [0.5, 0.6) is 23.0 Å². The molecule has 1 heterocycles. The molecule has 1 aliphatic heterocycles. The summed E-state index contributed by atoms with van der Waals surface area (Å²) in [6.45, 7) is 7.28. The first-order valence-electron chi connectivity index (χ1n) is 10.9. The number of nitrogens with one attached hydrogen (secondary N) is 1. The Morgan fingerprint density at radius 3 is 2.39 bits per heavy atom. The van der Waals surface area contributed by atoms with Gasteiger partial charge in [-0.2, -0.15) is 0 Å². The van der Waals surface area contributed by atoms with Gasteiger partial charge in [-0.1, -0.05) is 19.9 Å². The van der Waals surface area contributed by atoms with Gasteiger partial charge in [-0.05, 0) is 67.4 Å². The highest BCUT2D eigenvalue weighted by atomic mass is 16.5. The van der Waals surface area contributed by atoms with Gasteiger partial charge in [0, 0.05) is 13.1 Å². The standard InChI is InChI=1S/C25H36N2O4/c1-17(2)16-31-21-8-7-19(14-22(21)28-5)25-20-15-24(30-12-11-27(3)4)23(29-6)13-18(20)9-10-26-25/h7-8,13-15,17,25-26H,9-12,16H2,1-6H3. The maximum atomic E-state index is 6.07. The second-order valence-corrected chi connectivity index (χ2v) is 8.61. The molecule has 6 heteroatoms. The molecule has 2 aromatic rings. The lowest BCUT2D eigenvalue weighted by molar-refractivity contribution is 0.250. The van der Waals surface area contributed by atoms with Crippen molar-refractivity contribution in [3.05, 3.63) is 47.0 Å². The molecule has 1 atom stereocenters. The fourth-order valence-corrected chi connectivity index (χ4v) is 3.71. The lowest BCUT2D eigenvalue weighted by atomic mass is 9.89. The van der Waals surface area contributed by atoms with Gasteiger partial charge >= 0.3 is 0 Å². The summed E-state index contributed by atoms with van der Waals surface area (Å²) in [5, 5.41) is 3.65. The van der Waals surface area contributed by atoms with E-state index in [4.69, 9.17) is 18.9 Å². The number of fused-ring (bicyclic) bond motifs is 1. The van der Waals surface area contributed by atoms with Crippen LogP contribution in [0.15, 0.2) is 30.3 Å². The Hall–Kier alpha value is -2.44. The maximum absolute atomic E-state index is 6.07. The van der Waals surface area contributed by atoms with E-state index in [9.17, 15) is 0 Å². The summed E-state index contributed by atoms with van der Waals surface area (Å²) in [7, 11) is 7.45. The van der Waals surface area contributed by atoms with E-state index < -0.39 is 0 Å². The molecule has 0 aromatic heterocycles. The molecule has 1 unspecified atom stereocenters. The highest BCUT2D eigenvalue weighted by Crippen LogP contribution is 2.39. The van der Waals surface area contributed by atoms with Crippen LogP contribution in [0.1, 0.15) is 36.6 Å². The molecule has 0 saturated heterocycles. The van der Waals surface area contributed by atoms with E-state index in [2.05, 4.69) is 48.3 Å². The van der Waals surface area contributed by atoms with Gasteiger partial charge in [0.1, 0.15) is 6.61 Å². The molecule has 31 heavy (non-hydrogen) atoms. The topological polar surface area (TPSA) is 52.2 Å². The molecule has 170 valence electrons. The highest BCUT2D eigenvalue weighted by molar-refractivity contribution is 5.53. The first-order valence-corrected chi connectivity index (χ1v) is 10.9. The van der Waals surface area contributed by atoms with Gasteiger partial charge < -0.3 is 29.2 Å². The van der Waals surface area contributed by atoms with Gasteiger partial charge in [0.05, 0.1) is 26.9 Å². The van der Waals surface area contributed by atoms with E-state index in [0.717, 1.165) is 48.1 Å². The molecule has 0 saturated carbocycles. The fourth-order valence-electron chi connectivity index (χ4n) is 3.71. The molecule has 0 aliphatic carbocycles. The normalized spacial score (nSPS) is 15.7. The predicted molar refractivity (Wildman–Crippen MR) is 124 cm³/mol. The van der Waals surface area contributed by atoms with E-state index >= 15 is 0 Å². The summed E-state index contributed by atoms with van der Waals surface area (Å²) in [4.78, 5) is 2.10. The third-order valence-corrected chi connectivity index (χ3v) is 5.37. The van der Waals surface area contributed by atoms with Gasteiger partial charge in [0.15, 0.2) is 23.0 Å². The van der Waals surface area contributed by atoms with Gasteiger partial charge in [0.2, 0.25) is 0 Å². The van der Waals surface area contributed by atoms with Crippen LogP contribution in [-0.2, 0) is 6.42 Å². The van der Waals surface area contributed by atoms with Crippen molar-refractivity contribution in [3.8, 4) is 23.0 Å². The third-order valence-electron chi connectivity index (χ3n) is 5.37. The smallest absolute Gasteiger partial charge is 0.161 e. The maximum Gasteiger partial charge on any atom is 0.161 e. The summed E-state index contributed by atoms with van der Waals surface area (Å²) in [5.41, 5.74) is 3.63. The minimum Gasteiger partial charge on any atom is -0.493 e. The molecule has 1 aliphatic rings. The Kier molecular flexibility index (Phi) is 8.04. The Balaban J connectivity index is 1.90. The highest BCUT2D eigenvalue weighted by Gasteiger charge is 2.25. The number of hydrogen-bond donors (Lipinski definition) is 1. The summed E-state index contributed by atoms with van der Waals surface area (Å²) >= 11 is 0. The lowest BCUT2D eigenvalue weighted by Crippen LogP contribution is -2.30. The molecule has 6 nitrogen and oxygen atoms in total. The molecule has 0 bridgehead atoms. The Morgan fingerprint density at radius 2 is 1.71 bits per heavy atom. The Morgan fingerprint density at radius 1 is 0.968 bits per heavy atom. The summed E-state index contributed by atoms with van der Waals surface area (Å²) in [5.74, 6) is 3.55. The molecule has 3 rings (SSSR count). The monoisotopic (exact) mass is 428 g/mol. The molecule has 0 radical (unpaired) electrons. The predicted octanol–water partition coefficient (Wildman–Crippen LogP) is 3.91. The minimum absolute atomic E-state index is 0.0545. The fraction of sp³-hybridized carbons (Fsp3) is 0.520. The van der Waals surface area contributed by atoms with Crippen LogP contribution in [0.3, 0.4) is 0 Å². The van der Waals surface area contributed by atoms with E-state index in [-0.39, 0.29) is 6.04 Å². The number of nitrogens with zero attached hydrogens (tertiary/aromatic N) is 1. The zero-order valence-corrected chi connectivity index (χ0v) is 19.7. The summed E-state index contributed by atoms with van der Waals surface area (Å²) in [6, 6.07) is 10.5. The van der Waals surface area contributed by atoms with Crippen LogP contribution in [0, 0.1) is 5.92 Å². The number of hydrogen-bond acceptors (Lipinski definition) is 6. The van der Waals surface area contributed by atoms with Crippen molar-refractivity contribution in [2.45, 2.75) is 26.3 Å². The average Bonchev–Trinajstić information content (AvgIpc) is 2.76. The number of likely N-dealkylation sites (N-methyl/N-ethyl adjacent to an activating group) is 1. The van der Waals surface area contributed by atoms with Crippen LogP contribution in [0.25, 0.3) is 0 Å². The van der Waals surface area contributed by atoms with Crippen molar-refractivity contribution < 1.29 is 18.9 Å². The largest absolute Gasteiger partial charge is 0.493 e. The number of benzene rings is 2. The van der Waals surface area contributed by atoms with E-state index in [1.165, 1.54) is 11.1 Å². The quantitative estimate of drug-likeness (QED) is 0.619. The van der Waals surface area contributed by atoms with Crippen LogP contribution in [0.4, 0.5) is 0 Å². The van der Waals surface area contributed by atoms with E-state index in [1.807, 2.05) is 20.2 Å². The number of ether oxygens (including phenoxy) is 4. The van der Waals surface area contributed by atoms with Gasteiger partial charge in [-0.3, -0.25) is 0 Å².